The molecule has 1 amide bonds. The Kier molecular flexibility index (Phi) is 5.53. The van der Waals surface area contributed by atoms with Gasteiger partial charge in [0.15, 0.2) is 12.4 Å². The lowest BCUT2D eigenvalue weighted by Crippen LogP contribution is -2.86. The van der Waals surface area contributed by atoms with E-state index in [0.29, 0.717) is 15.9 Å². The molecule has 1 atom stereocenters. The first kappa shape index (κ1) is 17.7. The Labute approximate surface area is 156 Å². The van der Waals surface area contributed by atoms with Gasteiger partial charge in [-0.05, 0) is 23.8 Å². The van der Waals surface area contributed by atoms with Crippen LogP contribution in [0, 0.1) is 0 Å². The molecule has 0 aliphatic carbocycles. The zero-order valence-corrected chi connectivity index (χ0v) is 15.2. The number of carbonyl (C=O) groups excluding carboxylic acids is 1. The molecule has 4 nitrogen and oxygen atoms in total. The monoisotopic (exact) mass is 374 g/mol. The summed E-state index contributed by atoms with van der Waals surface area (Å²) in [6, 6.07) is 16.2. The Morgan fingerprint density at radius 1 is 1.20 bits per heavy atom. The quantitative estimate of drug-likeness (QED) is 0.713. The molecule has 0 bridgehead atoms. The van der Waals surface area contributed by atoms with E-state index < -0.39 is 0 Å². The van der Waals surface area contributed by atoms with Crippen molar-refractivity contribution in [3.63, 3.8) is 0 Å². The van der Waals surface area contributed by atoms with E-state index in [-0.39, 0.29) is 18.5 Å². The zero-order valence-electron chi connectivity index (χ0n) is 13.7. The molecular weight excluding hydrogens is 357 g/mol. The Hall–Kier alpha value is -2.14. The fraction of sp³-hybridized carbons (Fsp3) is 0.158. The number of amides is 1. The fourth-order valence-electron chi connectivity index (χ4n) is 2.75. The number of rotatable bonds is 5. The van der Waals surface area contributed by atoms with Crippen LogP contribution in [0.15, 0.2) is 54.7 Å². The number of nitrogens with two attached hydrogens (primary N) is 1. The topological polar surface area (TPSA) is 58.6 Å². The average molecular weight is 375 g/mol. The highest BCUT2D eigenvalue weighted by atomic mass is 35.5. The van der Waals surface area contributed by atoms with Crippen LogP contribution in [-0.4, -0.2) is 17.4 Å². The van der Waals surface area contributed by atoms with Crippen molar-refractivity contribution in [3.05, 3.63) is 70.3 Å². The predicted octanol–water partition coefficient (Wildman–Crippen LogP) is 3.80. The smallest absolute Gasteiger partial charge is 0.280 e. The molecule has 2 aromatic carbocycles. The van der Waals surface area contributed by atoms with Crippen LogP contribution in [0.3, 0.4) is 0 Å². The van der Waals surface area contributed by atoms with Crippen molar-refractivity contribution in [1.29, 1.82) is 0 Å². The molecule has 1 heterocycles. The number of fused-ring (bicyclic) bond motifs is 1. The highest BCUT2D eigenvalue weighted by molar-refractivity contribution is 6.36. The number of hydrogen-bond acceptors (Lipinski definition) is 2. The molecule has 0 spiro atoms. The summed E-state index contributed by atoms with van der Waals surface area (Å²) >= 11 is 11.8. The van der Waals surface area contributed by atoms with Crippen LogP contribution in [0.5, 0.6) is 0 Å². The van der Waals surface area contributed by atoms with Crippen molar-refractivity contribution in [1.82, 2.24) is 4.98 Å². The van der Waals surface area contributed by atoms with Crippen molar-refractivity contribution < 1.29 is 10.1 Å². The van der Waals surface area contributed by atoms with Gasteiger partial charge in [0.2, 0.25) is 0 Å². The van der Waals surface area contributed by atoms with Gasteiger partial charge in [-0.1, -0.05) is 65.7 Å². The summed E-state index contributed by atoms with van der Waals surface area (Å²) in [5.41, 5.74) is 1.20. The van der Waals surface area contributed by atoms with Gasteiger partial charge in [0.25, 0.3) is 5.91 Å². The number of hydrogen-bond donors (Lipinski definition) is 2. The molecule has 0 saturated carbocycles. The molecule has 0 saturated heterocycles. The van der Waals surface area contributed by atoms with E-state index in [0.717, 1.165) is 0 Å². The summed E-state index contributed by atoms with van der Waals surface area (Å²) < 4.78 is 0. The molecular formula is C19H18Cl2N3O+. The normalized spacial score (nSPS) is 12.1. The van der Waals surface area contributed by atoms with E-state index in [9.17, 15) is 4.79 Å². The number of pyridine rings is 1. The predicted molar refractivity (Wildman–Crippen MR) is 102 cm³/mol. The highest BCUT2D eigenvalue weighted by Gasteiger charge is 2.15. The van der Waals surface area contributed by atoms with Crippen LogP contribution in [0.4, 0.5) is 5.82 Å². The fourth-order valence-corrected chi connectivity index (χ4v) is 3.18. The molecule has 0 radical (unpaired) electrons. The van der Waals surface area contributed by atoms with Crippen molar-refractivity contribution in [2.45, 2.75) is 13.0 Å². The number of carbonyl (C=O) groups is 1. The summed E-state index contributed by atoms with van der Waals surface area (Å²) in [7, 11) is 0. The van der Waals surface area contributed by atoms with Gasteiger partial charge in [-0.3, -0.25) is 4.79 Å². The minimum absolute atomic E-state index is 0.144. The number of nitrogens with zero attached hydrogens (tertiary/aromatic N) is 1. The first-order chi connectivity index (χ1) is 12.0. The molecule has 0 unspecified atom stereocenters. The Morgan fingerprint density at radius 2 is 1.96 bits per heavy atom. The van der Waals surface area contributed by atoms with Gasteiger partial charge < -0.3 is 10.6 Å². The van der Waals surface area contributed by atoms with Crippen LogP contribution < -0.4 is 10.6 Å². The van der Waals surface area contributed by atoms with Gasteiger partial charge in [-0.25, -0.2) is 4.98 Å². The number of quaternary nitrogens is 1. The maximum atomic E-state index is 12.2. The molecule has 0 aliphatic rings. The average Bonchev–Trinajstić information content (AvgIpc) is 2.61. The van der Waals surface area contributed by atoms with Gasteiger partial charge in [0.05, 0.1) is 10.0 Å². The van der Waals surface area contributed by atoms with Crippen molar-refractivity contribution in [3.8, 4) is 0 Å². The number of anilines is 1. The van der Waals surface area contributed by atoms with Crippen molar-refractivity contribution in [2.75, 3.05) is 11.9 Å². The molecule has 3 rings (SSSR count). The molecule has 128 valence electrons. The van der Waals surface area contributed by atoms with E-state index in [4.69, 9.17) is 23.2 Å². The molecule has 3 aromatic rings. The lowest BCUT2D eigenvalue weighted by molar-refractivity contribution is -0.682. The van der Waals surface area contributed by atoms with Crippen LogP contribution in [0.25, 0.3) is 10.8 Å². The van der Waals surface area contributed by atoms with Gasteiger partial charge >= 0.3 is 0 Å². The second-order valence-corrected chi connectivity index (χ2v) is 6.67. The van der Waals surface area contributed by atoms with Crippen molar-refractivity contribution in [2.24, 2.45) is 0 Å². The summed E-state index contributed by atoms with van der Waals surface area (Å²) in [4.78, 5) is 16.2. The maximum Gasteiger partial charge on any atom is 0.280 e. The number of benzene rings is 2. The molecule has 0 fully saturated rings. The number of aromatic nitrogens is 1. The van der Waals surface area contributed by atoms with Crippen molar-refractivity contribution >= 4 is 45.7 Å². The van der Waals surface area contributed by atoms with Gasteiger partial charge in [0, 0.05) is 11.8 Å². The highest BCUT2D eigenvalue weighted by Crippen LogP contribution is 2.23. The Bertz CT molecular complexity index is 909. The molecule has 6 heteroatoms. The van der Waals surface area contributed by atoms with E-state index in [2.05, 4.69) is 41.5 Å². The van der Waals surface area contributed by atoms with Gasteiger partial charge in [-0.15, -0.1) is 0 Å². The summed E-state index contributed by atoms with van der Waals surface area (Å²) in [6.45, 7) is 2.35. The minimum atomic E-state index is -0.163. The van der Waals surface area contributed by atoms with E-state index in [1.54, 1.807) is 6.07 Å². The summed E-state index contributed by atoms with van der Waals surface area (Å²) in [5, 5.41) is 7.85. The maximum absolute atomic E-state index is 12.2. The first-order valence-electron chi connectivity index (χ1n) is 7.96. The van der Waals surface area contributed by atoms with Crippen LogP contribution in [0.2, 0.25) is 10.0 Å². The van der Waals surface area contributed by atoms with E-state index in [1.165, 1.54) is 22.5 Å². The summed E-state index contributed by atoms with van der Waals surface area (Å²) in [6.07, 6.45) is 1.45. The molecule has 1 aromatic heterocycles. The van der Waals surface area contributed by atoms with Crippen LogP contribution in [0.1, 0.15) is 18.5 Å². The van der Waals surface area contributed by atoms with Gasteiger partial charge in [-0.2, -0.15) is 0 Å². The molecule has 3 N–H and O–H groups in total. The minimum Gasteiger partial charge on any atom is -0.332 e. The second kappa shape index (κ2) is 7.83. The third kappa shape index (κ3) is 4.28. The van der Waals surface area contributed by atoms with E-state index >= 15 is 0 Å². The van der Waals surface area contributed by atoms with Crippen LogP contribution >= 0.6 is 23.2 Å². The Morgan fingerprint density at radius 3 is 2.76 bits per heavy atom. The summed E-state index contributed by atoms with van der Waals surface area (Å²) in [5.74, 6) is 0.158. The second-order valence-electron chi connectivity index (χ2n) is 5.83. The molecule has 25 heavy (non-hydrogen) atoms. The van der Waals surface area contributed by atoms with Crippen LogP contribution in [-0.2, 0) is 4.79 Å². The van der Waals surface area contributed by atoms with Gasteiger partial charge in [0.1, 0.15) is 6.04 Å². The lowest BCUT2D eigenvalue weighted by atomic mass is 10.00. The number of nitrogens with one attached hydrogen (secondary N) is 1. The molecule has 0 aliphatic heterocycles. The lowest BCUT2D eigenvalue weighted by Gasteiger charge is -2.14. The largest absolute Gasteiger partial charge is 0.332 e. The Balaban J connectivity index is 1.65. The standard InChI is InChI=1S/C19H17Cl2N3O/c1-12(15-8-4-6-13-5-2-3-7-16(13)15)22-11-18(25)24-19-17(21)9-14(20)10-23-19/h2-10,12,22H,11H2,1H3,(H,23,24,25)/p+1/t12-/m1/s1. The van der Waals surface area contributed by atoms with E-state index in [1.807, 2.05) is 23.5 Å². The number of halogens is 2. The zero-order chi connectivity index (χ0) is 17.8. The SMILES string of the molecule is C[C@@H]([NH2+]CC(=O)Nc1ncc(Cl)cc1Cl)c1cccc2ccccc12. The first-order valence-corrected chi connectivity index (χ1v) is 8.72. The third-order valence-electron chi connectivity index (χ3n) is 4.04. The third-order valence-corrected chi connectivity index (χ3v) is 4.53.